The molecule has 0 bridgehead atoms. The molecule has 0 aliphatic rings. The van der Waals surface area contributed by atoms with Gasteiger partial charge in [-0.05, 0) is 25.5 Å². The summed E-state index contributed by atoms with van der Waals surface area (Å²) in [6.07, 6.45) is 1.13. The lowest BCUT2D eigenvalue weighted by atomic mass is 10.1. The van der Waals surface area contributed by atoms with Crippen molar-refractivity contribution in [3.63, 3.8) is 0 Å². The molecule has 0 saturated heterocycles. The van der Waals surface area contributed by atoms with Crippen molar-refractivity contribution in [1.82, 2.24) is 20.8 Å². The predicted molar refractivity (Wildman–Crippen MR) is 99.7 cm³/mol. The Labute approximate surface area is 155 Å². The molecule has 6 nitrogen and oxygen atoms in total. The molecule has 0 saturated carbocycles. The standard InChI is InChI=1S/C18H26N4O2.ClH/c1-12(2)10-16(23)21-17(14-8-6-5-7-9-14)18-20-15(22-24-18)11-13(3)19-4;/h5-9,12-13,17,19H,10-11H2,1-4H3,(H,21,23);1H. The van der Waals surface area contributed by atoms with E-state index in [1.54, 1.807) is 0 Å². The zero-order chi connectivity index (χ0) is 17.5. The Morgan fingerprint density at radius 2 is 1.88 bits per heavy atom. The normalized spacial score (nSPS) is 13.2. The van der Waals surface area contributed by atoms with Gasteiger partial charge >= 0.3 is 0 Å². The molecule has 7 heteroatoms. The molecule has 0 fully saturated rings. The lowest BCUT2D eigenvalue weighted by Gasteiger charge is -2.16. The summed E-state index contributed by atoms with van der Waals surface area (Å²) in [5.41, 5.74) is 0.923. The van der Waals surface area contributed by atoms with E-state index in [0.29, 0.717) is 24.6 Å². The molecule has 0 radical (unpaired) electrons. The number of carbonyl (C=O) groups excluding carboxylic acids is 1. The Bertz CT molecular complexity index is 646. The summed E-state index contributed by atoms with van der Waals surface area (Å²) in [4.78, 5) is 16.7. The summed E-state index contributed by atoms with van der Waals surface area (Å²) in [6, 6.07) is 9.50. The highest BCUT2D eigenvalue weighted by Crippen LogP contribution is 2.21. The summed E-state index contributed by atoms with van der Waals surface area (Å²) < 4.78 is 5.43. The van der Waals surface area contributed by atoms with Gasteiger partial charge in [-0.25, -0.2) is 0 Å². The highest BCUT2D eigenvalue weighted by Gasteiger charge is 2.23. The van der Waals surface area contributed by atoms with Gasteiger partial charge in [0.05, 0.1) is 0 Å². The Kier molecular flexibility index (Phi) is 8.58. The molecule has 0 aliphatic carbocycles. The molecule has 138 valence electrons. The summed E-state index contributed by atoms with van der Waals surface area (Å²) in [5, 5.41) is 10.2. The third-order valence-corrected chi connectivity index (χ3v) is 3.74. The van der Waals surface area contributed by atoms with Crippen LogP contribution in [0.25, 0.3) is 0 Å². The monoisotopic (exact) mass is 366 g/mol. The van der Waals surface area contributed by atoms with Crippen LogP contribution in [0.4, 0.5) is 0 Å². The van der Waals surface area contributed by atoms with Crippen molar-refractivity contribution in [3.05, 3.63) is 47.6 Å². The molecule has 2 unspecified atom stereocenters. The number of amides is 1. The number of hydrogen-bond acceptors (Lipinski definition) is 5. The first-order valence-electron chi connectivity index (χ1n) is 8.33. The summed E-state index contributed by atoms with van der Waals surface area (Å²) in [7, 11) is 1.89. The van der Waals surface area contributed by atoms with Gasteiger partial charge in [0.15, 0.2) is 5.82 Å². The molecule has 0 spiro atoms. The maximum absolute atomic E-state index is 12.2. The zero-order valence-corrected chi connectivity index (χ0v) is 16.0. The number of likely N-dealkylation sites (N-methyl/N-ethyl adjacent to an activating group) is 1. The van der Waals surface area contributed by atoms with Crippen LogP contribution in [0.5, 0.6) is 0 Å². The van der Waals surface area contributed by atoms with Crippen molar-refractivity contribution < 1.29 is 9.32 Å². The van der Waals surface area contributed by atoms with Gasteiger partial charge in [-0.15, -0.1) is 12.4 Å². The van der Waals surface area contributed by atoms with Crippen LogP contribution in [0, 0.1) is 5.92 Å². The fourth-order valence-corrected chi connectivity index (χ4v) is 2.37. The maximum atomic E-state index is 12.2. The van der Waals surface area contributed by atoms with E-state index in [1.807, 2.05) is 51.2 Å². The Hall–Kier alpha value is -1.92. The SMILES string of the molecule is CNC(C)Cc1noc(C(NC(=O)CC(C)C)c2ccccc2)n1.Cl. The van der Waals surface area contributed by atoms with Crippen LogP contribution in [0.15, 0.2) is 34.9 Å². The fourth-order valence-electron chi connectivity index (χ4n) is 2.37. The molecule has 1 aromatic heterocycles. The summed E-state index contributed by atoms with van der Waals surface area (Å²) in [6.45, 7) is 6.08. The van der Waals surface area contributed by atoms with Gasteiger partial charge in [-0.1, -0.05) is 49.3 Å². The molecule has 2 rings (SSSR count). The first-order valence-corrected chi connectivity index (χ1v) is 8.33. The van der Waals surface area contributed by atoms with E-state index in [4.69, 9.17) is 4.52 Å². The van der Waals surface area contributed by atoms with Crippen molar-refractivity contribution >= 4 is 18.3 Å². The molecule has 2 N–H and O–H groups in total. The minimum Gasteiger partial charge on any atom is -0.341 e. The highest BCUT2D eigenvalue weighted by atomic mass is 35.5. The topological polar surface area (TPSA) is 80.0 Å². The average Bonchev–Trinajstić information content (AvgIpc) is 3.00. The third-order valence-electron chi connectivity index (χ3n) is 3.74. The van der Waals surface area contributed by atoms with Crippen LogP contribution in [-0.4, -0.2) is 29.1 Å². The van der Waals surface area contributed by atoms with Gasteiger partial charge in [0, 0.05) is 18.9 Å². The largest absolute Gasteiger partial charge is 0.341 e. The van der Waals surface area contributed by atoms with Gasteiger partial charge in [0.2, 0.25) is 5.91 Å². The number of rotatable bonds is 8. The second kappa shape index (κ2) is 10.2. The first-order chi connectivity index (χ1) is 11.5. The van der Waals surface area contributed by atoms with E-state index in [1.165, 1.54) is 0 Å². The van der Waals surface area contributed by atoms with Gasteiger partial charge < -0.3 is 15.2 Å². The van der Waals surface area contributed by atoms with Gasteiger partial charge in [-0.3, -0.25) is 4.79 Å². The second-order valence-corrected chi connectivity index (χ2v) is 6.45. The average molecular weight is 367 g/mol. The molecular weight excluding hydrogens is 340 g/mol. The lowest BCUT2D eigenvalue weighted by molar-refractivity contribution is -0.122. The molecule has 0 aliphatic heterocycles. The smallest absolute Gasteiger partial charge is 0.253 e. The first kappa shape index (κ1) is 21.1. The van der Waals surface area contributed by atoms with Crippen molar-refractivity contribution in [2.45, 2.75) is 45.7 Å². The highest BCUT2D eigenvalue weighted by molar-refractivity contribution is 5.85. The molecule has 2 aromatic rings. The Balaban J connectivity index is 0.00000312. The van der Waals surface area contributed by atoms with Gasteiger partial charge in [0.25, 0.3) is 5.89 Å². The quantitative estimate of drug-likeness (QED) is 0.750. The molecule has 1 heterocycles. The van der Waals surface area contributed by atoms with E-state index in [2.05, 4.69) is 27.7 Å². The molecule has 2 atom stereocenters. The molecule has 1 aromatic carbocycles. The number of aromatic nitrogens is 2. The van der Waals surface area contributed by atoms with Gasteiger partial charge in [-0.2, -0.15) is 4.98 Å². The summed E-state index contributed by atoms with van der Waals surface area (Å²) in [5.74, 6) is 1.31. The van der Waals surface area contributed by atoms with E-state index >= 15 is 0 Å². The van der Waals surface area contributed by atoms with Crippen LogP contribution in [0.2, 0.25) is 0 Å². The van der Waals surface area contributed by atoms with Crippen LogP contribution in [0.3, 0.4) is 0 Å². The fraction of sp³-hybridized carbons (Fsp3) is 0.500. The van der Waals surface area contributed by atoms with Crippen molar-refractivity contribution in [1.29, 1.82) is 0 Å². The zero-order valence-electron chi connectivity index (χ0n) is 15.2. The maximum Gasteiger partial charge on any atom is 0.253 e. The number of benzene rings is 1. The van der Waals surface area contributed by atoms with E-state index in [0.717, 1.165) is 5.56 Å². The van der Waals surface area contributed by atoms with Crippen molar-refractivity contribution in [2.75, 3.05) is 7.05 Å². The van der Waals surface area contributed by atoms with Gasteiger partial charge in [0.1, 0.15) is 6.04 Å². The molecular formula is C18H27ClN4O2. The van der Waals surface area contributed by atoms with Crippen LogP contribution >= 0.6 is 12.4 Å². The number of halogens is 1. The Morgan fingerprint density at radius 1 is 1.20 bits per heavy atom. The predicted octanol–water partition coefficient (Wildman–Crippen LogP) is 2.89. The minimum atomic E-state index is -0.427. The lowest BCUT2D eigenvalue weighted by Crippen LogP contribution is -2.30. The second-order valence-electron chi connectivity index (χ2n) is 6.45. The van der Waals surface area contributed by atoms with E-state index in [-0.39, 0.29) is 30.3 Å². The number of nitrogens with one attached hydrogen (secondary N) is 2. The van der Waals surface area contributed by atoms with Crippen molar-refractivity contribution in [3.8, 4) is 0 Å². The number of carbonyl (C=O) groups is 1. The third kappa shape index (κ3) is 6.48. The van der Waals surface area contributed by atoms with Crippen LogP contribution in [-0.2, 0) is 11.2 Å². The minimum absolute atomic E-state index is 0. The van der Waals surface area contributed by atoms with Crippen LogP contribution < -0.4 is 10.6 Å². The van der Waals surface area contributed by atoms with Crippen molar-refractivity contribution in [2.24, 2.45) is 5.92 Å². The van der Waals surface area contributed by atoms with E-state index in [9.17, 15) is 4.79 Å². The van der Waals surface area contributed by atoms with Crippen LogP contribution in [0.1, 0.15) is 50.5 Å². The van der Waals surface area contributed by atoms with E-state index < -0.39 is 6.04 Å². The Morgan fingerprint density at radius 3 is 2.48 bits per heavy atom. The summed E-state index contributed by atoms with van der Waals surface area (Å²) >= 11 is 0. The molecule has 25 heavy (non-hydrogen) atoms. The number of nitrogens with zero attached hydrogens (tertiary/aromatic N) is 2. The number of hydrogen-bond donors (Lipinski definition) is 2. The molecule has 1 amide bonds.